The molecule has 1 heterocycles. The Hall–Kier alpha value is -1.61. The first-order valence-corrected chi connectivity index (χ1v) is 6.48. The maximum absolute atomic E-state index is 9.21. The number of nitrogens with zero attached hydrogens (tertiary/aromatic N) is 2. The van der Waals surface area contributed by atoms with E-state index in [4.69, 9.17) is 0 Å². The van der Waals surface area contributed by atoms with Crippen LogP contribution in [0.25, 0.3) is 10.9 Å². The molecular weight excluding hydrogens is 224 g/mol. The number of rotatable bonds is 5. The van der Waals surface area contributed by atoms with Gasteiger partial charge in [0.15, 0.2) is 0 Å². The fourth-order valence-corrected chi connectivity index (χ4v) is 2.29. The molecule has 0 saturated carbocycles. The van der Waals surface area contributed by atoms with Gasteiger partial charge in [-0.1, -0.05) is 25.1 Å². The van der Waals surface area contributed by atoms with E-state index < -0.39 is 0 Å². The number of fused-ring (bicyclic) bond motifs is 1. The lowest BCUT2D eigenvalue weighted by molar-refractivity contribution is 0.302. The van der Waals surface area contributed by atoms with Gasteiger partial charge in [0, 0.05) is 29.9 Å². The van der Waals surface area contributed by atoms with Gasteiger partial charge in [-0.3, -0.25) is 4.98 Å². The van der Waals surface area contributed by atoms with Crippen LogP contribution in [0.1, 0.15) is 19.0 Å². The molecule has 0 spiro atoms. The van der Waals surface area contributed by atoms with Crippen molar-refractivity contribution in [3.63, 3.8) is 0 Å². The third-order valence-electron chi connectivity index (χ3n) is 3.03. The number of anilines is 1. The fraction of sp³-hybridized carbons (Fsp3) is 0.400. The number of para-hydroxylation sites is 1. The molecule has 0 fully saturated rings. The molecule has 1 aromatic carbocycles. The fourth-order valence-electron chi connectivity index (χ4n) is 2.29. The summed E-state index contributed by atoms with van der Waals surface area (Å²) in [4.78, 5) is 6.78. The summed E-state index contributed by atoms with van der Waals surface area (Å²) >= 11 is 0. The van der Waals surface area contributed by atoms with E-state index in [0.717, 1.165) is 29.6 Å². The second kappa shape index (κ2) is 5.83. The molecule has 2 rings (SSSR count). The van der Waals surface area contributed by atoms with E-state index in [-0.39, 0.29) is 6.61 Å². The summed E-state index contributed by atoms with van der Waals surface area (Å²) in [7, 11) is 0. The van der Waals surface area contributed by atoms with Crippen molar-refractivity contribution in [2.24, 2.45) is 0 Å². The Morgan fingerprint density at radius 1 is 1.22 bits per heavy atom. The van der Waals surface area contributed by atoms with Crippen LogP contribution in [0, 0.1) is 6.92 Å². The van der Waals surface area contributed by atoms with Crippen LogP contribution in [0.4, 0.5) is 5.69 Å². The van der Waals surface area contributed by atoms with Crippen molar-refractivity contribution < 1.29 is 5.11 Å². The monoisotopic (exact) mass is 244 g/mol. The zero-order valence-corrected chi connectivity index (χ0v) is 11.1. The zero-order valence-electron chi connectivity index (χ0n) is 11.1. The molecule has 0 radical (unpaired) electrons. The molecule has 3 heteroatoms. The molecule has 3 nitrogen and oxygen atoms in total. The second-order valence-electron chi connectivity index (χ2n) is 4.51. The average Bonchev–Trinajstić information content (AvgIpc) is 2.37. The highest BCUT2D eigenvalue weighted by molar-refractivity contribution is 5.91. The molecule has 0 amide bonds. The molecule has 0 atom stereocenters. The molecule has 2 aromatic rings. The summed E-state index contributed by atoms with van der Waals surface area (Å²) in [5, 5.41) is 10.4. The van der Waals surface area contributed by atoms with Crippen molar-refractivity contribution >= 4 is 16.6 Å². The SMILES string of the molecule is CCCN(CCO)c1cc(C)nc2ccccc12. The number of hydrogen-bond donors (Lipinski definition) is 1. The summed E-state index contributed by atoms with van der Waals surface area (Å²) in [6, 6.07) is 10.3. The Kier molecular flexibility index (Phi) is 4.15. The lowest BCUT2D eigenvalue weighted by atomic mass is 10.1. The number of hydrogen-bond acceptors (Lipinski definition) is 3. The molecule has 0 saturated heterocycles. The number of pyridine rings is 1. The number of benzene rings is 1. The normalized spacial score (nSPS) is 10.8. The zero-order chi connectivity index (χ0) is 13.0. The molecule has 0 aliphatic carbocycles. The minimum atomic E-state index is 0.176. The number of aryl methyl sites for hydroxylation is 1. The van der Waals surface area contributed by atoms with E-state index in [9.17, 15) is 5.11 Å². The molecule has 1 N–H and O–H groups in total. The van der Waals surface area contributed by atoms with Crippen LogP contribution in [0.2, 0.25) is 0 Å². The van der Waals surface area contributed by atoms with Crippen molar-refractivity contribution in [3.8, 4) is 0 Å². The third kappa shape index (κ3) is 2.62. The van der Waals surface area contributed by atoms with Crippen LogP contribution in [-0.2, 0) is 0 Å². The van der Waals surface area contributed by atoms with Gasteiger partial charge in [-0.05, 0) is 25.5 Å². The minimum Gasteiger partial charge on any atom is -0.395 e. The van der Waals surface area contributed by atoms with Gasteiger partial charge in [0.2, 0.25) is 0 Å². The summed E-state index contributed by atoms with van der Waals surface area (Å²) in [6.07, 6.45) is 1.07. The highest BCUT2D eigenvalue weighted by atomic mass is 16.3. The summed E-state index contributed by atoms with van der Waals surface area (Å²) in [6.45, 7) is 5.96. The van der Waals surface area contributed by atoms with E-state index in [1.807, 2.05) is 25.1 Å². The first kappa shape index (κ1) is 12.8. The molecule has 18 heavy (non-hydrogen) atoms. The van der Waals surface area contributed by atoms with Crippen LogP contribution in [0.5, 0.6) is 0 Å². The van der Waals surface area contributed by atoms with E-state index in [0.29, 0.717) is 6.54 Å². The third-order valence-corrected chi connectivity index (χ3v) is 3.03. The van der Waals surface area contributed by atoms with Gasteiger partial charge in [-0.15, -0.1) is 0 Å². The van der Waals surface area contributed by atoms with Crippen LogP contribution in [0.15, 0.2) is 30.3 Å². The van der Waals surface area contributed by atoms with Crippen LogP contribution in [0.3, 0.4) is 0 Å². The van der Waals surface area contributed by atoms with E-state index in [1.54, 1.807) is 0 Å². The molecule has 96 valence electrons. The topological polar surface area (TPSA) is 36.4 Å². The lowest BCUT2D eigenvalue weighted by Gasteiger charge is -2.25. The predicted molar refractivity (Wildman–Crippen MR) is 76.1 cm³/mol. The van der Waals surface area contributed by atoms with Gasteiger partial charge in [0.1, 0.15) is 0 Å². The smallest absolute Gasteiger partial charge is 0.0726 e. The highest BCUT2D eigenvalue weighted by Gasteiger charge is 2.10. The molecule has 1 aromatic heterocycles. The summed E-state index contributed by atoms with van der Waals surface area (Å²) in [5.41, 5.74) is 3.21. The second-order valence-corrected chi connectivity index (χ2v) is 4.51. The lowest BCUT2D eigenvalue weighted by Crippen LogP contribution is -2.27. The van der Waals surface area contributed by atoms with Gasteiger partial charge in [0.25, 0.3) is 0 Å². The van der Waals surface area contributed by atoms with Gasteiger partial charge in [-0.25, -0.2) is 0 Å². The average molecular weight is 244 g/mol. The van der Waals surface area contributed by atoms with Gasteiger partial charge < -0.3 is 10.0 Å². The molecule has 0 aliphatic rings. The van der Waals surface area contributed by atoms with Gasteiger partial charge in [0.05, 0.1) is 12.1 Å². The number of aliphatic hydroxyl groups excluding tert-OH is 1. The largest absolute Gasteiger partial charge is 0.395 e. The summed E-state index contributed by atoms with van der Waals surface area (Å²) in [5.74, 6) is 0. The highest BCUT2D eigenvalue weighted by Crippen LogP contribution is 2.26. The molecule has 0 bridgehead atoms. The van der Waals surface area contributed by atoms with Gasteiger partial charge >= 0.3 is 0 Å². The Bertz CT molecular complexity index is 519. The van der Waals surface area contributed by atoms with E-state index >= 15 is 0 Å². The molecular formula is C15H20N2O. The van der Waals surface area contributed by atoms with Crippen LogP contribution >= 0.6 is 0 Å². The Labute approximate surface area is 108 Å². The molecule has 0 aliphatic heterocycles. The maximum atomic E-state index is 9.21. The van der Waals surface area contributed by atoms with Crippen molar-refractivity contribution in [2.45, 2.75) is 20.3 Å². The van der Waals surface area contributed by atoms with E-state index in [2.05, 4.69) is 28.9 Å². The van der Waals surface area contributed by atoms with Gasteiger partial charge in [-0.2, -0.15) is 0 Å². The van der Waals surface area contributed by atoms with Crippen molar-refractivity contribution in [2.75, 3.05) is 24.6 Å². The maximum Gasteiger partial charge on any atom is 0.0726 e. The van der Waals surface area contributed by atoms with Crippen molar-refractivity contribution in [1.82, 2.24) is 4.98 Å². The first-order chi connectivity index (χ1) is 8.76. The molecule has 0 unspecified atom stereocenters. The Morgan fingerprint density at radius 3 is 2.72 bits per heavy atom. The van der Waals surface area contributed by atoms with Crippen LogP contribution in [-0.4, -0.2) is 29.8 Å². The number of aliphatic hydroxyl groups is 1. The van der Waals surface area contributed by atoms with Crippen molar-refractivity contribution in [3.05, 3.63) is 36.0 Å². The van der Waals surface area contributed by atoms with E-state index in [1.165, 1.54) is 5.69 Å². The summed E-state index contributed by atoms with van der Waals surface area (Å²) < 4.78 is 0. The Balaban J connectivity index is 2.52. The number of aromatic nitrogens is 1. The Morgan fingerprint density at radius 2 is 2.00 bits per heavy atom. The standard InChI is InChI=1S/C15H20N2O/c1-3-8-17(9-10-18)15-11-12(2)16-14-7-5-4-6-13(14)15/h4-7,11,18H,3,8-10H2,1-2H3. The minimum absolute atomic E-state index is 0.176. The quantitative estimate of drug-likeness (QED) is 0.878. The predicted octanol–water partition coefficient (Wildman–Crippen LogP) is 2.75. The first-order valence-electron chi connectivity index (χ1n) is 6.48. The van der Waals surface area contributed by atoms with Crippen molar-refractivity contribution in [1.29, 1.82) is 0 Å². The van der Waals surface area contributed by atoms with Crippen LogP contribution < -0.4 is 4.90 Å².